The molecular formula is C21H23ClF3N5O4S. The van der Waals surface area contributed by atoms with Crippen LogP contribution in [0.1, 0.15) is 53.8 Å². The minimum Gasteiger partial charge on any atom is -0.354 e. The zero-order valence-corrected chi connectivity index (χ0v) is 20.1. The number of aromatic nitrogens is 2. The van der Waals surface area contributed by atoms with Crippen molar-refractivity contribution in [1.82, 2.24) is 15.3 Å². The van der Waals surface area contributed by atoms with Gasteiger partial charge in [-0.1, -0.05) is 18.0 Å². The third-order valence-electron chi connectivity index (χ3n) is 6.08. The highest BCUT2D eigenvalue weighted by molar-refractivity contribution is 7.89. The molecule has 35 heavy (non-hydrogen) atoms. The fourth-order valence-corrected chi connectivity index (χ4v) is 4.85. The summed E-state index contributed by atoms with van der Waals surface area (Å²) >= 11 is 6.44. The lowest BCUT2D eigenvalue weighted by atomic mass is 9.82. The molecule has 1 amide bonds. The first-order valence-corrected chi connectivity index (χ1v) is 12.7. The average molecular weight is 534 g/mol. The molecule has 1 saturated carbocycles. The summed E-state index contributed by atoms with van der Waals surface area (Å²) in [4.78, 5) is 21.5. The molecule has 4 N–H and O–H groups in total. The van der Waals surface area contributed by atoms with Gasteiger partial charge in [-0.25, -0.2) is 18.5 Å². The zero-order valence-electron chi connectivity index (χ0n) is 18.5. The van der Waals surface area contributed by atoms with Crippen LogP contribution in [0, 0.1) is 0 Å². The van der Waals surface area contributed by atoms with Crippen molar-refractivity contribution in [3.8, 4) is 0 Å². The smallest absolute Gasteiger partial charge is 0.354 e. The van der Waals surface area contributed by atoms with E-state index in [9.17, 15) is 26.4 Å². The van der Waals surface area contributed by atoms with Crippen LogP contribution in [-0.2, 0) is 20.4 Å². The average Bonchev–Trinajstić information content (AvgIpc) is 2.72. The van der Waals surface area contributed by atoms with Crippen LogP contribution in [0.25, 0.3) is 0 Å². The summed E-state index contributed by atoms with van der Waals surface area (Å²) in [5, 5.41) is 10.1. The van der Waals surface area contributed by atoms with Gasteiger partial charge in [-0.05, 0) is 31.9 Å². The van der Waals surface area contributed by atoms with Crippen molar-refractivity contribution >= 4 is 33.2 Å². The third-order valence-corrected chi connectivity index (χ3v) is 7.19. The molecule has 14 heteroatoms. The monoisotopic (exact) mass is 533 g/mol. The summed E-state index contributed by atoms with van der Waals surface area (Å²) in [6, 6.07) is 3.76. The highest BCUT2D eigenvalue weighted by Gasteiger charge is 2.49. The van der Waals surface area contributed by atoms with Crippen LogP contribution in [0.15, 0.2) is 29.4 Å². The molecule has 3 heterocycles. The number of pyridine rings is 2. The van der Waals surface area contributed by atoms with Crippen LogP contribution in [0.3, 0.4) is 0 Å². The lowest BCUT2D eigenvalue weighted by molar-refractivity contribution is -0.262. The Hall–Kier alpha value is -2.32. The lowest BCUT2D eigenvalue weighted by Gasteiger charge is -2.40. The third kappa shape index (κ3) is 5.43. The predicted molar refractivity (Wildman–Crippen MR) is 121 cm³/mol. The SMILES string of the molecule is C[C@]1(c2nc(C3CCC3)c(Cl)cc2C(=O)Nc2ccnc(S(N)(=O)=O)c2)CNC[C@@H](C(F)(F)F)O1. The number of ether oxygens (including phenoxy) is 1. The summed E-state index contributed by atoms with van der Waals surface area (Å²) in [7, 11) is -4.13. The van der Waals surface area contributed by atoms with Gasteiger partial charge in [-0.3, -0.25) is 9.78 Å². The summed E-state index contributed by atoms with van der Waals surface area (Å²) in [5.41, 5.74) is -1.13. The van der Waals surface area contributed by atoms with E-state index in [1.54, 1.807) is 0 Å². The molecule has 4 rings (SSSR count). The number of amides is 1. The molecule has 2 atom stereocenters. The molecule has 2 aliphatic rings. The highest BCUT2D eigenvalue weighted by Crippen LogP contribution is 2.42. The Morgan fingerprint density at radius 3 is 2.66 bits per heavy atom. The van der Waals surface area contributed by atoms with Gasteiger partial charge in [0.25, 0.3) is 15.9 Å². The van der Waals surface area contributed by atoms with Crippen molar-refractivity contribution in [2.75, 3.05) is 18.4 Å². The molecule has 2 fully saturated rings. The Bertz CT molecular complexity index is 1260. The van der Waals surface area contributed by atoms with Crippen molar-refractivity contribution in [2.24, 2.45) is 5.14 Å². The number of anilines is 1. The Balaban J connectivity index is 1.75. The van der Waals surface area contributed by atoms with Gasteiger partial charge >= 0.3 is 6.18 Å². The van der Waals surface area contributed by atoms with E-state index in [1.165, 1.54) is 19.1 Å². The second-order valence-electron chi connectivity index (χ2n) is 8.77. The first-order chi connectivity index (χ1) is 16.3. The fraction of sp³-hybridized carbons (Fsp3) is 0.476. The minimum atomic E-state index is -4.62. The number of sulfonamides is 1. The minimum absolute atomic E-state index is 0.00322. The van der Waals surface area contributed by atoms with Crippen LogP contribution in [0.4, 0.5) is 18.9 Å². The molecule has 0 bridgehead atoms. The van der Waals surface area contributed by atoms with E-state index in [0.717, 1.165) is 31.5 Å². The van der Waals surface area contributed by atoms with Crippen molar-refractivity contribution in [1.29, 1.82) is 0 Å². The molecule has 0 unspecified atom stereocenters. The van der Waals surface area contributed by atoms with Gasteiger partial charge in [-0.15, -0.1) is 0 Å². The maximum atomic E-state index is 13.5. The van der Waals surface area contributed by atoms with Crippen molar-refractivity contribution in [3.05, 3.63) is 46.4 Å². The Morgan fingerprint density at radius 1 is 1.34 bits per heavy atom. The maximum absolute atomic E-state index is 13.5. The van der Waals surface area contributed by atoms with Gasteiger partial charge in [0.05, 0.1) is 22.0 Å². The number of nitrogens with two attached hydrogens (primary N) is 1. The van der Waals surface area contributed by atoms with Crippen LogP contribution < -0.4 is 15.8 Å². The molecule has 0 spiro atoms. The zero-order chi connectivity index (χ0) is 25.6. The first kappa shape index (κ1) is 25.8. The van der Waals surface area contributed by atoms with Crippen LogP contribution in [0.2, 0.25) is 5.02 Å². The van der Waals surface area contributed by atoms with E-state index in [4.69, 9.17) is 21.5 Å². The largest absolute Gasteiger partial charge is 0.415 e. The van der Waals surface area contributed by atoms with E-state index >= 15 is 0 Å². The van der Waals surface area contributed by atoms with Gasteiger partial charge in [0.1, 0.15) is 5.60 Å². The van der Waals surface area contributed by atoms with Crippen LogP contribution >= 0.6 is 11.6 Å². The van der Waals surface area contributed by atoms with Gasteiger partial charge in [0.2, 0.25) is 0 Å². The van der Waals surface area contributed by atoms with Gasteiger partial charge in [0, 0.05) is 37.0 Å². The number of morpholine rings is 1. The Morgan fingerprint density at radius 2 is 2.06 bits per heavy atom. The molecule has 2 aromatic rings. The summed E-state index contributed by atoms with van der Waals surface area (Å²) in [5.74, 6) is -0.727. The summed E-state index contributed by atoms with van der Waals surface area (Å²) < 4.78 is 69.1. The van der Waals surface area contributed by atoms with Crippen molar-refractivity contribution in [3.63, 3.8) is 0 Å². The van der Waals surface area contributed by atoms with Crippen molar-refractivity contribution < 1.29 is 31.1 Å². The van der Waals surface area contributed by atoms with Gasteiger partial charge in [0.15, 0.2) is 11.1 Å². The molecule has 2 aromatic heterocycles. The quantitative estimate of drug-likeness (QED) is 0.537. The Labute approximate surface area is 204 Å². The number of nitrogens with one attached hydrogen (secondary N) is 2. The second-order valence-corrected chi connectivity index (χ2v) is 10.7. The molecular weight excluding hydrogens is 511 g/mol. The predicted octanol–water partition coefficient (Wildman–Crippen LogP) is 3.06. The number of carbonyl (C=O) groups is 1. The standard InChI is InChI=1S/C21H23ClF3N5O4S/c1-20(10-27-9-15(34-20)21(23,24)25)18-13(8-14(22)17(30-18)11-3-2-4-11)19(31)29-12-5-6-28-16(7-12)35(26,32)33/h5-8,11,15,27H,2-4,9-10H2,1H3,(H2,26,32,33)(H,28,29,31)/t15-,20+/m0/s1. The Kier molecular flexibility index (Phi) is 6.83. The summed E-state index contributed by atoms with van der Waals surface area (Å²) in [6.45, 7) is 0.974. The van der Waals surface area contributed by atoms with Gasteiger partial charge in [-0.2, -0.15) is 13.2 Å². The second kappa shape index (κ2) is 9.28. The normalized spacial score (nSPS) is 23.5. The highest BCUT2D eigenvalue weighted by atomic mass is 35.5. The molecule has 9 nitrogen and oxygen atoms in total. The van der Waals surface area contributed by atoms with Crippen LogP contribution in [-0.4, -0.2) is 49.7 Å². The number of hydrogen-bond donors (Lipinski definition) is 3. The summed E-state index contributed by atoms with van der Waals surface area (Å²) in [6.07, 6.45) is -2.95. The number of hydrogen-bond acceptors (Lipinski definition) is 7. The lowest BCUT2D eigenvalue weighted by Crippen LogP contribution is -2.56. The molecule has 1 saturated heterocycles. The van der Waals surface area contributed by atoms with E-state index < -0.39 is 45.4 Å². The first-order valence-electron chi connectivity index (χ1n) is 10.7. The van der Waals surface area contributed by atoms with Crippen molar-refractivity contribution in [2.45, 2.75) is 55.0 Å². The molecule has 190 valence electrons. The van der Waals surface area contributed by atoms with Crippen LogP contribution in [0.5, 0.6) is 0 Å². The maximum Gasteiger partial charge on any atom is 0.415 e. The fourth-order valence-electron chi connectivity index (χ4n) is 4.05. The van der Waals surface area contributed by atoms with E-state index in [1.807, 2.05) is 0 Å². The molecule has 1 aliphatic carbocycles. The number of carbonyl (C=O) groups excluding carboxylic acids is 1. The number of primary sulfonamides is 1. The molecule has 0 aromatic carbocycles. The van der Waals surface area contributed by atoms with E-state index in [-0.39, 0.29) is 34.4 Å². The number of nitrogens with zero attached hydrogens (tertiary/aromatic N) is 2. The number of halogens is 4. The topological polar surface area (TPSA) is 136 Å². The molecule has 0 radical (unpaired) electrons. The van der Waals surface area contributed by atoms with E-state index in [0.29, 0.717) is 5.69 Å². The van der Waals surface area contributed by atoms with E-state index in [2.05, 4.69) is 20.6 Å². The number of alkyl halides is 3. The van der Waals surface area contributed by atoms with Gasteiger partial charge < -0.3 is 15.4 Å². The number of rotatable bonds is 5. The molecule has 1 aliphatic heterocycles.